The molecule has 2 aliphatic heterocycles. The number of carbonyl (C=O) groups is 2. The summed E-state index contributed by atoms with van der Waals surface area (Å²) < 4.78 is 5.38. The number of hydrogen-bond donors (Lipinski definition) is 1. The number of ether oxygens (including phenoxy) is 1. The van der Waals surface area contributed by atoms with Gasteiger partial charge in [0.25, 0.3) is 0 Å². The smallest absolute Gasteiger partial charge is 0.249 e. The predicted octanol–water partition coefficient (Wildman–Crippen LogP) is 1.66. The zero-order chi connectivity index (χ0) is 18.0. The van der Waals surface area contributed by atoms with E-state index in [1.807, 2.05) is 18.2 Å². The van der Waals surface area contributed by atoms with Crippen molar-refractivity contribution in [3.8, 4) is 0 Å². The molecule has 0 aliphatic carbocycles. The molecule has 25 heavy (non-hydrogen) atoms. The van der Waals surface area contributed by atoms with E-state index < -0.39 is 11.5 Å². The number of amides is 2. The lowest BCUT2D eigenvalue weighted by molar-refractivity contribution is -0.150. The number of anilines is 1. The highest BCUT2D eigenvalue weighted by Gasteiger charge is 2.45. The molecule has 2 fully saturated rings. The summed E-state index contributed by atoms with van der Waals surface area (Å²) in [4.78, 5) is 29.2. The molecule has 0 radical (unpaired) electrons. The Morgan fingerprint density at radius 1 is 1.40 bits per heavy atom. The molecule has 1 aromatic carbocycles. The number of likely N-dealkylation sites (N-methyl/N-ethyl adjacent to an activating group) is 1. The van der Waals surface area contributed by atoms with Gasteiger partial charge in [0.1, 0.15) is 6.04 Å². The van der Waals surface area contributed by atoms with E-state index in [4.69, 9.17) is 22.1 Å². The molecule has 2 saturated heterocycles. The molecule has 2 N–H and O–H groups in total. The Morgan fingerprint density at radius 3 is 2.72 bits per heavy atom. The quantitative estimate of drug-likeness (QED) is 0.880. The summed E-state index contributed by atoms with van der Waals surface area (Å²) in [6.45, 7) is 1.88. The second-order valence-electron chi connectivity index (χ2n) is 6.76. The summed E-state index contributed by atoms with van der Waals surface area (Å²) in [6.07, 6.45) is 1.78. The Bertz CT molecular complexity index is 661. The predicted molar refractivity (Wildman–Crippen MR) is 96.5 cm³/mol. The van der Waals surface area contributed by atoms with Crippen molar-refractivity contribution in [1.29, 1.82) is 0 Å². The second-order valence-corrected chi connectivity index (χ2v) is 7.17. The Hall–Kier alpha value is -1.63. The van der Waals surface area contributed by atoms with Crippen LogP contribution in [0.15, 0.2) is 24.3 Å². The number of benzene rings is 1. The molecule has 2 amide bonds. The summed E-state index contributed by atoms with van der Waals surface area (Å²) >= 11 is 6.22. The molecule has 1 aromatic rings. The van der Waals surface area contributed by atoms with Gasteiger partial charge in [-0.3, -0.25) is 9.59 Å². The lowest BCUT2D eigenvalue weighted by Gasteiger charge is -2.39. The number of nitrogens with zero attached hydrogens (tertiary/aromatic N) is 2. The fourth-order valence-corrected chi connectivity index (χ4v) is 3.95. The first-order valence-corrected chi connectivity index (χ1v) is 8.99. The van der Waals surface area contributed by atoms with E-state index in [0.29, 0.717) is 49.7 Å². The summed E-state index contributed by atoms with van der Waals surface area (Å²) in [5.74, 6) is -0.152. The third-order valence-corrected chi connectivity index (χ3v) is 5.72. The largest absolute Gasteiger partial charge is 0.381 e. The van der Waals surface area contributed by atoms with Gasteiger partial charge in [0.05, 0.1) is 16.1 Å². The van der Waals surface area contributed by atoms with Crippen molar-refractivity contribution in [3.63, 3.8) is 0 Å². The third kappa shape index (κ3) is 3.26. The van der Waals surface area contributed by atoms with Crippen molar-refractivity contribution in [3.05, 3.63) is 29.3 Å². The summed E-state index contributed by atoms with van der Waals surface area (Å²) in [5.41, 5.74) is 6.00. The first kappa shape index (κ1) is 18.2. The van der Waals surface area contributed by atoms with Crippen molar-refractivity contribution in [1.82, 2.24) is 4.90 Å². The van der Waals surface area contributed by atoms with Gasteiger partial charge in [-0.2, -0.15) is 0 Å². The SMILES string of the molecule is CN(C(=O)C1(CN)CCOCC1)C1CCN(c2ccccc2Cl)C1=O. The zero-order valence-electron chi connectivity index (χ0n) is 14.4. The highest BCUT2D eigenvalue weighted by Crippen LogP contribution is 2.34. The molecule has 0 aromatic heterocycles. The van der Waals surface area contributed by atoms with E-state index in [0.717, 1.165) is 0 Å². The van der Waals surface area contributed by atoms with Crippen LogP contribution in [-0.2, 0) is 14.3 Å². The van der Waals surface area contributed by atoms with E-state index in [-0.39, 0.29) is 18.4 Å². The van der Waals surface area contributed by atoms with Gasteiger partial charge in [0.15, 0.2) is 0 Å². The third-order valence-electron chi connectivity index (χ3n) is 5.40. The van der Waals surface area contributed by atoms with E-state index >= 15 is 0 Å². The molecule has 0 saturated carbocycles. The molecule has 0 spiro atoms. The van der Waals surface area contributed by atoms with Crippen LogP contribution in [0.1, 0.15) is 19.3 Å². The average molecular weight is 366 g/mol. The minimum absolute atomic E-state index is 0.0577. The van der Waals surface area contributed by atoms with E-state index in [1.165, 1.54) is 0 Å². The van der Waals surface area contributed by atoms with Crippen LogP contribution in [0.5, 0.6) is 0 Å². The van der Waals surface area contributed by atoms with Crippen LogP contribution in [0.25, 0.3) is 0 Å². The van der Waals surface area contributed by atoms with E-state index in [9.17, 15) is 9.59 Å². The first-order chi connectivity index (χ1) is 12.0. The van der Waals surface area contributed by atoms with Gasteiger partial charge in [-0.05, 0) is 31.4 Å². The van der Waals surface area contributed by atoms with Crippen molar-refractivity contribution < 1.29 is 14.3 Å². The van der Waals surface area contributed by atoms with Crippen molar-refractivity contribution >= 4 is 29.1 Å². The monoisotopic (exact) mass is 365 g/mol. The maximum atomic E-state index is 13.1. The summed E-state index contributed by atoms with van der Waals surface area (Å²) in [6, 6.07) is 6.79. The Labute approximate surface area is 152 Å². The van der Waals surface area contributed by atoms with Crippen LogP contribution < -0.4 is 10.6 Å². The molecular weight excluding hydrogens is 342 g/mol. The zero-order valence-corrected chi connectivity index (χ0v) is 15.2. The minimum atomic E-state index is -0.620. The molecular formula is C18H24ClN3O3. The van der Waals surface area contributed by atoms with Gasteiger partial charge in [0, 0.05) is 33.4 Å². The van der Waals surface area contributed by atoms with Crippen LogP contribution in [0.2, 0.25) is 5.02 Å². The van der Waals surface area contributed by atoms with Gasteiger partial charge in [0.2, 0.25) is 11.8 Å². The number of hydrogen-bond acceptors (Lipinski definition) is 4. The topological polar surface area (TPSA) is 75.9 Å². The lowest BCUT2D eigenvalue weighted by atomic mass is 9.78. The normalized spacial score (nSPS) is 22.9. The molecule has 6 nitrogen and oxygen atoms in total. The molecule has 7 heteroatoms. The van der Waals surface area contributed by atoms with Crippen LogP contribution in [0.4, 0.5) is 5.69 Å². The highest BCUT2D eigenvalue weighted by atomic mass is 35.5. The van der Waals surface area contributed by atoms with Gasteiger partial charge in [-0.15, -0.1) is 0 Å². The van der Waals surface area contributed by atoms with Crippen molar-refractivity contribution in [2.75, 3.05) is 38.3 Å². The van der Waals surface area contributed by atoms with E-state index in [1.54, 1.807) is 22.9 Å². The summed E-state index contributed by atoms with van der Waals surface area (Å²) in [7, 11) is 1.70. The Morgan fingerprint density at radius 2 is 2.08 bits per heavy atom. The van der Waals surface area contributed by atoms with Gasteiger partial charge < -0.3 is 20.3 Å². The highest BCUT2D eigenvalue weighted by molar-refractivity contribution is 6.34. The number of nitrogens with two attached hydrogens (primary N) is 1. The van der Waals surface area contributed by atoms with Gasteiger partial charge in [-0.25, -0.2) is 0 Å². The second kappa shape index (κ2) is 7.32. The molecule has 1 unspecified atom stereocenters. The number of halogens is 1. The maximum absolute atomic E-state index is 13.1. The Kier molecular flexibility index (Phi) is 5.32. The fourth-order valence-electron chi connectivity index (χ4n) is 3.72. The number of para-hydroxylation sites is 1. The van der Waals surface area contributed by atoms with Crippen molar-refractivity contribution in [2.24, 2.45) is 11.1 Å². The number of carbonyl (C=O) groups excluding carboxylic acids is 2. The average Bonchev–Trinajstić information content (AvgIpc) is 3.02. The standard InChI is InChI=1S/C18H24ClN3O3/c1-21(17(24)18(12-20)7-10-25-11-8-18)15-6-9-22(16(15)23)14-5-3-2-4-13(14)19/h2-5,15H,6-12,20H2,1H3. The molecule has 2 aliphatic rings. The van der Waals surface area contributed by atoms with E-state index in [2.05, 4.69) is 0 Å². The summed E-state index contributed by atoms with van der Waals surface area (Å²) in [5, 5.41) is 0.535. The Balaban J connectivity index is 1.77. The molecule has 2 heterocycles. The lowest BCUT2D eigenvalue weighted by Crippen LogP contribution is -2.54. The maximum Gasteiger partial charge on any atom is 0.249 e. The minimum Gasteiger partial charge on any atom is -0.381 e. The van der Waals surface area contributed by atoms with Gasteiger partial charge in [-0.1, -0.05) is 23.7 Å². The van der Waals surface area contributed by atoms with Crippen LogP contribution in [0, 0.1) is 5.41 Å². The fraction of sp³-hybridized carbons (Fsp3) is 0.556. The molecule has 136 valence electrons. The van der Waals surface area contributed by atoms with Crippen LogP contribution in [-0.4, -0.2) is 56.1 Å². The van der Waals surface area contributed by atoms with Crippen LogP contribution >= 0.6 is 11.6 Å². The van der Waals surface area contributed by atoms with Crippen LogP contribution in [0.3, 0.4) is 0 Å². The van der Waals surface area contributed by atoms with Gasteiger partial charge >= 0.3 is 0 Å². The molecule has 1 atom stereocenters. The first-order valence-electron chi connectivity index (χ1n) is 8.61. The molecule has 0 bridgehead atoms. The molecule has 3 rings (SSSR count). The number of rotatable bonds is 4. The van der Waals surface area contributed by atoms with Crippen molar-refractivity contribution in [2.45, 2.75) is 25.3 Å².